The van der Waals surface area contributed by atoms with E-state index in [1.165, 1.54) is 46.3 Å². The lowest BCUT2D eigenvalue weighted by atomic mass is 9.93. The zero-order chi connectivity index (χ0) is 39.8. The summed E-state index contributed by atoms with van der Waals surface area (Å²) >= 11 is 0. The summed E-state index contributed by atoms with van der Waals surface area (Å²) in [7, 11) is 0. The number of rotatable bonds is 6. The largest absolute Gasteiger partial charge is 0.310 e. The van der Waals surface area contributed by atoms with Gasteiger partial charge in [-0.2, -0.15) is 0 Å². The molecule has 11 rings (SSSR count). The van der Waals surface area contributed by atoms with Crippen molar-refractivity contribution in [3.05, 3.63) is 187 Å². The van der Waals surface area contributed by atoms with Crippen LogP contribution in [0.2, 0.25) is 0 Å². The molecule has 0 spiro atoms. The summed E-state index contributed by atoms with van der Waals surface area (Å²) in [6.07, 6.45) is 5.55. The standard InChI is InChI=1S/C48H27N7O4/c56-45-41-42(50-23-22-49-41)46(57)54(45)34-17-13-32(14-18-34)53(33-15-19-35(20-16-33)55-47(58)43-44(48(55)59)52-25-24-51-43)36-12-10-29-26-31(9-8-30(29)27-36)38-6-3-7-39-37-5-2-1-4-28(37)11-21-40(38)39/h1-27H. The molecule has 0 fully saturated rings. The summed E-state index contributed by atoms with van der Waals surface area (Å²) in [5.41, 5.74) is 5.33. The van der Waals surface area contributed by atoms with Crippen LogP contribution in [0.4, 0.5) is 28.4 Å². The van der Waals surface area contributed by atoms with Gasteiger partial charge in [0, 0.05) is 41.8 Å². The maximum atomic E-state index is 13.2. The lowest BCUT2D eigenvalue weighted by molar-refractivity contribution is 0.0907. The number of aromatic nitrogens is 4. The van der Waals surface area contributed by atoms with Crippen molar-refractivity contribution in [2.24, 2.45) is 0 Å². The van der Waals surface area contributed by atoms with E-state index in [2.05, 4.69) is 105 Å². The first kappa shape index (κ1) is 33.9. The monoisotopic (exact) mass is 765 g/mol. The fraction of sp³-hybridized carbons (Fsp3) is 0. The highest BCUT2D eigenvalue weighted by Gasteiger charge is 2.40. The van der Waals surface area contributed by atoms with E-state index >= 15 is 0 Å². The van der Waals surface area contributed by atoms with Crippen LogP contribution in [0, 0.1) is 0 Å². The minimum atomic E-state index is -0.539. The quantitative estimate of drug-likeness (QED) is 0.120. The van der Waals surface area contributed by atoms with Crippen molar-refractivity contribution in [3.63, 3.8) is 0 Å². The maximum absolute atomic E-state index is 13.2. The van der Waals surface area contributed by atoms with E-state index in [4.69, 9.17) is 0 Å². The third-order valence-electron chi connectivity index (χ3n) is 10.9. The maximum Gasteiger partial charge on any atom is 0.286 e. The van der Waals surface area contributed by atoms with Crippen LogP contribution in [0.5, 0.6) is 0 Å². The molecule has 0 bridgehead atoms. The number of nitrogens with zero attached hydrogens (tertiary/aromatic N) is 7. The van der Waals surface area contributed by atoms with E-state index < -0.39 is 23.6 Å². The molecular weight excluding hydrogens is 739 g/mol. The lowest BCUT2D eigenvalue weighted by Gasteiger charge is -2.27. The van der Waals surface area contributed by atoms with Gasteiger partial charge in [-0.15, -0.1) is 0 Å². The molecule has 2 aliphatic heterocycles. The molecule has 0 atom stereocenters. The highest BCUT2D eigenvalue weighted by molar-refractivity contribution is 6.34. The van der Waals surface area contributed by atoms with E-state index in [1.807, 2.05) is 35.2 Å². The predicted molar refractivity (Wildman–Crippen MR) is 225 cm³/mol. The van der Waals surface area contributed by atoms with Crippen LogP contribution in [0.25, 0.3) is 43.4 Å². The number of hydrogen-bond acceptors (Lipinski definition) is 9. The Bertz CT molecular complexity index is 3090. The van der Waals surface area contributed by atoms with Gasteiger partial charge in [0.15, 0.2) is 22.8 Å². The number of carbonyl (C=O) groups is 4. The van der Waals surface area contributed by atoms with Crippen LogP contribution < -0.4 is 14.7 Å². The third kappa shape index (κ3) is 5.29. The minimum Gasteiger partial charge on any atom is -0.310 e. The van der Waals surface area contributed by atoms with Crippen LogP contribution in [0.15, 0.2) is 164 Å². The molecule has 11 nitrogen and oxygen atoms in total. The summed E-state index contributed by atoms with van der Waals surface area (Å²) in [6.45, 7) is 0. The van der Waals surface area contributed by atoms with E-state index in [1.54, 1.807) is 24.3 Å². The molecule has 278 valence electrons. The van der Waals surface area contributed by atoms with Crippen molar-refractivity contribution in [1.29, 1.82) is 0 Å². The Kier molecular flexibility index (Phi) is 7.50. The molecule has 4 amide bonds. The molecule has 4 heterocycles. The molecule has 0 unspecified atom stereocenters. The fourth-order valence-corrected chi connectivity index (χ4v) is 8.16. The smallest absolute Gasteiger partial charge is 0.286 e. The second-order valence-electron chi connectivity index (χ2n) is 14.2. The first-order valence-electron chi connectivity index (χ1n) is 18.8. The van der Waals surface area contributed by atoms with Crippen molar-refractivity contribution in [1.82, 2.24) is 19.9 Å². The van der Waals surface area contributed by atoms with Crippen molar-refractivity contribution < 1.29 is 19.2 Å². The van der Waals surface area contributed by atoms with Crippen molar-refractivity contribution >= 4 is 84.4 Å². The van der Waals surface area contributed by atoms with Crippen LogP contribution in [-0.4, -0.2) is 43.6 Å². The van der Waals surface area contributed by atoms with Gasteiger partial charge in [-0.3, -0.25) is 19.2 Å². The molecule has 2 aromatic heterocycles. The average molecular weight is 766 g/mol. The zero-order valence-electron chi connectivity index (χ0n) is 30.9. The predicted octanol–water partition coefficient (Wildman–Crippen LogP) is 9.46. The fourth-order valence-electron chi connectivity index (χ4n) is 8.16. The number of anilines is 5. The Balaban J connectivity index is 0.979. The number of carbonyl (C=O) groups excluding carboxylic acids is 4. The van der Waals surface area contributed by atoms with Crippen LogP contribution in [0.1, 0.15) is 42.0 Å². The molecule has 0 aliphatic carbocycles. The van der Waals surface area contributed by atoms with Crippen molar-refractivity contribution in [2.75, 3.05) is 14.7 Å². The second-order valence-corrected chi connectivity index (χ2v) is 14.2. The molecule has 59 heavy (non-hydrogen) atoms. The average Bonchev–Trinajstić information content (AvgIpc) is 3.70. The first-order valence-corrected chi connectivity index (χ1v) is 18.8. The number of fused-ring (bicyclic) bond motifs is 6. The van der Waals surface area contributed by atoms with Gasteiger partial charge in [0.1, 0.15) is 0 Å². The SMILES string of the molecule is O=C1c2nccnc2C(=O)N1c1ccc(N(c2ccc(N3C(=O)c4nccnc4C3=O)cc2)c2ccc3cc(-c4cccc5c4ccc4ccccc45)ccc3c2)cc1. The Hall–Kier alpha value is -8.44. The highest BCUT2D eigenvalue weighted by Crippen LogP contribution is 2.40. The molecular formula is C48H27N7O4. The lowest BCUT2D eigenvalue weighted by Crippen LogP contribution is -2.29. The van der Waals surface area contributed by atoms with E-state index in [0.29, 0.717) is 11.4 Å². The van der Waals surface area contributed by atoms with Gasteiger partial charge in [-0.25, -0.2) is 29.7 Å². The van der Waals surface area contributed by atoms with Gasteiger partial charge >= 0.3 is 0 Å². The molecule has 0 saturated heterocycles. The summed E-state index contributed by atoms with van der Waals surface area (Å²) in [4.78, 5) is 73.4. The summed E-state index contributed by atoms with van der Waals surface area (Å²) in [5, 5.41) is 6.86. The number of benzene rings is 7. The Morgan fingerprint density at radius 1 is 0.373 bits per heavy atom. The Morgan fingerprint density at radius 3 is 1.42 bits per heavy atom. The normalized spacial score (nSPS) is 13.5. The van der Waals surface area contributed by atoms with Crippen LogP contribution >= 0.6 is 0 Å². The molecule has 9 aromatic rings. The molecule has 0 N–H and O–H groups in total. The van der Waals surface area contributed by atoms with Gasteiger partial charge < -0.3 is 4.90 Å². The van der Waals surface area contributed by atoms with Crippen molar-refractivity contribution in [2.45, 2.75) is 0 Å². The van der Waals surface area contributed by atoms with Gasteiger partial charge in [0.05, 0.1) is 11.4 Å². The summed E-state index contributed by atoms with van der Waals surface area (Å²) in [6, 6.07) is 46.0. The minimum absolute atomic E-state index is 0.0150. The molecule has 2 aliphatic rings. The topological polar surface area (TPSA) is 130 Å². The second kappa shape index (κ2) is 13.1. The van der Waals surface area contributed by atoms with E-state index in [-0.39, 0.29) is 22.8 Å². The molecule has 11 heteroatoms. The van der Waals surface area contributed by atoms with Crippen molar-refractivity contribution in [3.8, 4) is 11.1 Å². The molecule has 7 aromatic carbocycles. The first-order chi connectivity index (χ1) is 28.9. The van der Waals surface area contributed by atoms with Crippen LogP contribution in [0.3, 0.4) is 0 Å². The van der Waals surface area contributed by atoms with Gasteiger partial charge in [-0.1, -0.05) is 72.8 Å². The Labute approximate surface area is 335 Å². The molecule has 0 radical (unpaired) electrons. The van der Waals surface area contributed by atoms with E-state index in [9.17, 15) is 19.2 Å². The number of hydrogen-bond donors (Lipinski definition) is 0. The number of imide groups is 2. The Morgan fingerprint density at radius 2 is 0.847 bits per heavy atom. The van der Waals surface area contributed by atoms with Gasteiger partial charge in [-0.05, 0) is 110 Å². The summed E-state index contributed by atoms with van der Waals surface area (Å²) < 4.78 is 0. The van der Waals surface area contributed by atoms with E-state index in [0.717, 1.165) is 48.8 Å². The third-order valence-corrected chi connectivity index (χ3v) is 10.9. The number of amides is 4. The van der Waals surface area contributed by atoms with Gasteiger partial charge in [0.2, 0.25) is 0 Å². The summed E-state index contributed by atoms with van der Waals surface area (Å²) in [5.74, 6) is -2.16. The van der Waals surface area contributed by atoms with Gasteiger partial charge in [0.25, 0.3) is 23.6 Å². The zero-order valence-corrected chi connectivity index (χ0v) is 30.9. The highest BCUT2D eigenvalue weighted by atomic mass is 16.2. The molecule has 0 saturated carbocycles. The van der Waals surface area contributed by atoms with Crippen LogP contribution in [-0.2, 0) is 0 Å².